The Hall–Kier alpha value is -2.82. The molecule has 0 spiro atoms. The molecule has 1 amide bonds. The molecule has 5 heteroatoms. The lowest BCUT2D eigenvalue weighted by Crippen LogP contribution is -2.28. The van der Waals surface area contributed by atoms with E-state index in [1.54, 1.807) is 10.8 Å². The molecule has 5 nitrogen and oxygen atoms in total. The Kier molecular flexibility index (Phi) is 5.33. The van der Waals surface area contributed by atoms with Crippen LogP contribution in [0.25, 0.3) is 10.8 Å². The van der Waals surface area contributed by atoms with E-state index >= 15 is 0 Å². The van der Waals surface area contributed by atoms with Crippen molar-refractivity contribution in [3.8, 4) is 5.88 Å². The highest BCUT2D eigenvalue weighted by Crippen LogP contribution is 2.36. The number of nitrogens with zero attached hydrogens (tertiary/aromatic N) is 2. The second-order valence-corrected chi connectivity index (χ2v) is 7.91. The molecule has 0 saturated heterocycles. The van der Waals surface area contributed by atoms with Crippen molar-refractivity contribution in [1.82, 2.24) is 9.55 Å². The van der Waals surface area contributed by atoms with E-state index in [-0.39, 0.29) is 11.8 Å². The number of carbonyl (C=O) groups is 1. The standard InChI is InChI=1S/C23H27N3O2/c1-16-11-12-24-21(13-16)25-22(27)20(14-17-7-3-2-4-8-17)26-15-18-9-5-6-10-19(18)23(26)28/h5-6,9-13,15,17,20,28H,2-4,7-8,14H2,1H3,(H,24,25,27)/t20-/m0/s1. The Morgan fingerprint density at radius 1 is 1.25 bits per heavy atom. The molecule has 0 bridgehead atoms. The Morgan fingerprint density at radius 3 is 2.79 bits per heavy atom. The third-order valence-corrected chi connectivity index (χ3v) is 5.81. The second kappa shape index (κ2) is 8.05. The number of aryl methyl sites for hydroxylation is 1. The maximum absolute atomic E-state index is 13.2. The smallest absolute Gasteiger partial charge is 0.248 e. The number of aromatic hydroxyl groups is 1. The van der Waals surface area contributed by atoms with E-state index in [4.69, 9.17) is 0 Å². The first-order chi connectivity index (χ1) is 13.6. The minimum atomic E-state index is -0.460. The van der Waals surface area contributed by atoms with E-state index in [1.807, 2.05) is 49.5 Å². The van der Waals surface area contributed by atoms with Gasteiger partial charge in [0.2, 0.25) is 5.91 Å². The van der Waals surface area contributed by atoms with Gasteiger partial charge >= 0.3 is 0 Å². The van der Waals surface area contributed by atoms with Crippen molar-refractivity contribution < 1.29 is 9.90 Å². The second-order valence-electron chi connectivity index (χ2n) is 7.91. The lowest BCUT2D eigenvalue weighted by molar-refractivity contribution is -0.120. The summed E-state index contributed by atoms with van der Waals surface area (Å²) in [6.07, 6.45) is 10.3. The molecule has 1 aliphatic rings. The molecule has 2 N–H and O–H groups in total. The summed E-state index contributed by atoms with van der Waals surface area (Å²) in [4.78, 5) is 17.5. The SMILES string of the molecule is Cc1ccnc(NC(=O)[C@H](CC2CCCCC2)n2cc3ccccc3c2O)c1. The monoisotopic (exact) mass is 377 g/mol. The zero-order valence-corrected chi connectivity index (χ0v) is 16.3. The highest BCUT2D eigenvalue weighted by atomic mass is 16.3. The first-order valence-corrected chi connectivity index (χ1v) is 10.1. The number of amides is 1. The Morgan fingerprint density at radius 2 is 2.04 bits per heavy atom. The van der Waals surface area contributed by atoms with Crippen LogP contribution in [0.15, 0.2) is 48.8 Å². The lowest BCUT2D eigenvalue weighted by Gasteiger charge is -2.27. The van der Waals surface area contributed by atoms with Crippen LogP contribution < -0.4 is 5.32 Å². The van der Waals surface area contributed by atoms with Crippen LogP contribution in [0.1, 0.15) is 50.1 Å². The number of anilines is 1. The molecule has 1 aromatic carbocycles. The first kappa shape index (κ1) is 18.5. The van der Waals surface area contributed by atoms with Gasteiger partial charge in [-0.2, -0.15) is 0 Å². The summed E-state index contributed by atoms with van der Waals surface area (Å²) in [5.41, 5.74) is 1.05. The summed E-state index contributed by atoms with van der Waals surface area (Å²) in [5, 5.41) is 15.5. The maximum atomic E-state index is 13.2. The fraction of sp³-hybridized carbons (Fsp3) is 0.391. The van der Waals surface area contributed by atoms with E-state index in [9.17, 15) is 9.90 Å². The molecule has 0 unspecified atom stereocenters. The Labute approximate surface area is 165 Å². The van der Waals surface area contributed by atoms with Crippen molar-refractivity contribution in [2.45, 2.75) is 51.5 Å². The highest BCUT2D eigenvalue weighted by Gasteiger charge is 2.28. The first-order valence-electron chi connectivity index (χ1n) is 10.1. The molecule has 2 heterocycles. The number of pyridine rings is 1. The topological polar surface area (TPSA) is 67.2 Å². The normalized spacial score (nSPS) is 16.2. The Balaban J connectivity index is 1.66. The number of nitrogens with one attached hydrogen (secondary N) is 1. The van der Waals surface area contributed by atoms with Gasteiger partial charge in [-0.3, -0.25) is 4.79 Å². The molecule has 1 fully saturated rings. The minimum absolute atomic E-state index is 0.126. The molecule has 1 aliphatic carbocycles. The number of aromatic nitrogens is 2. The van der Waals surface area contributed by atoms with Crippen molar-refractivity contribution in [2.75, 3.05) is 5.32 Å². The average Bonchev–Trinajstić information content (AvgIpc) is 3.03. The molecule has 2 aromatic heterocycles. The molecule has 1 atom stereocenters. The van der Waals surface area contributed by atoms with E-state index in [0.717, 1.165) is 35.6 Å². The maximum Gasteiger partial charge on any atom is 0.248 e. The van der Waals surface area contributed by atoms with E-state index in [0.29, 0.717) is 11.7 Å². The summed E-state index contributed by atoms with van der Waals surface area (Å²) < 4.78 is 1.74. The molecular formula is C23H27N3O2. The average molecular weight is 377 g/mol. The fourth-order valence-electron chi connectivity index (χ4n) is 4.30. The zero-order chi connectivity index (χ0) is 19.5. The summed E-state index contributed by atoms with van der Waals surface area (Å²) in [6, 6.07) is 11.0. The molecule has 3 aromatic rings. The molecular weight excluding hydrogens is 350 g/mol. The largest absolute Gasteiger partial charge is 0.494 e. The van der Waals surface area contributed by atoms with E-state index in [2.05, 4.69) is 10.3 Å². The van der Waals surface area contributed by atoms with E-state index < -0.39 is 6.04 Å². The molecule has 1 saturated carbocycles. The highest BCUT2D eigenvalue weighted by molar-refractivity contribution is 5.95. The van der Waals surface area contributed by atoms with Gasteiger partial charge in [0.15, 0.2) is 5.88 Å². The molecule has 28 heavy (non-hydrogen) atoms. The number of hydrogen-bond donors (Lipinski definition) is 2. The summed E-state index contributed by atoms with van der Waals surface area (Å²) >= 11 is 0. The van der Waals surface area contributed by atoms with Gasteiger partial charge in [0.25, 0.3) is 0 Å². The van der Waals surface area contributed by atoms with Crippen LogP contribution in [0.3, 0.4) is 0 Å². The fourth-order valence-corrected chi connectivity index (χ4v) is 4.30. The van der Waals surface area contributed by atoms with Crippen LogP contribution in [-0.4, -0.2) is 20.6 Å². The Bertz CT molecular complexity index is 973. The third kappa shape index (κ3) is 3.88. The lowest BCUT2D eigenvalue weighted by atomic mass is 9.84. The summed E-state index contributed by atoms with van der Waals surface area (Å²) in [5.74, 6) is 1.08. The number of benzene rings is 1. The summed E-state index contributed by atoms with van der Waals surface area (Å²) in [6.45, 7) is 1.97. The van der Waals surface area contributed by atoms with Crippen molar-refractivity contribution >= 4 is 22.5 Å². The quantitative estimate of drug-likeness (QED) is 0.642. The molecule has 146 valence electrons. The van der Waals surface area contributed by atoms with Gasteiger partial charge in [-0.1, -0.05) is 50.3 Å². The van der Waals surface area contributed by atoms with Crippen molar-refractivity contribution in [3.63, 3.8) is 0 Å². The number of fused-ring (bicyclic) bond motifs is 1. The van der Waals surface area contributed by atoms with E-state index in [1.165, 1.54) is 19.3 Å². The van der Waals surface area contributed by atoms with Gasteiger partial charge in [-0.05, 0) is 43.0 Å². The van der Waals surface area contributed by atoms with Crippen LogP contribution in [0.4, 0.5) is 5.82 Å². The molecule has 0 radical (unpaired) electrons. The van der Waals surface area contributed by atoms with Gasteiger partial charge in [0.05, 0.1) is 0 Å². The van der Waals surface area contributed by atoms with Crippen LogP contribution in [0.2, 0.25) is 0 Å². The number of rotatable bonds is 5. The number of hydrogen-bond acceptors (Lipinski definition) is 3. The van der Waals surface area contributed by atoms with Gasteiger partial charge in [-0.25, -0.2) is 4.98 Å². The van der Waals surface area contributed by atoms with Crippen LogP contribution in [0, 0.1) is 12.8 Å². The predicted octanol–water partition coefficient (Wildman–Crippen LogP) is 5.20. The van der Waals surface area contributed by atoms with Crippen LogP contribution in [-0.2, 0) is 4.79 Å². The minimum Gasteiger partial charge on any atom is -0.494 e. The van der Waals surface area contributed by atoms with Crippen molar-refractivity contribution in [3.05, 3.63) is 54.4 Å². The summed E-state index contributed by atoms with van der Waals surface area (Å²) in [7, 11) is 0. The van der Waals surface area contributed by atoms with Crippen LogP contribution in [0.5, 0.6) is 5.88 Å². The predicted molar refractivity (Wildman–Crippen MR) is 111 cm³/mol. The number of carbonyl (C=O) groups excluding carboxylic acids is 1. The molecule has 4 rings (SSSR count). The molecule has 0 aliphatic heterocycles. The van der Waals surface area contributed by atoms with Gasteiger partial charge in [0.1, 0.15) is 11.9 Å². The van der Waals surface area contributed by atoms with Crippen molar-refractivity contribution in [2.24, 2.45) is 5.92 Å². The van der Waals surface area contributed by atoms with Gasteiger partial charge < -0.3 is 15.0 Å². The zero-order valence-electron chi connectivity index (χ0n) is 16.3. The van der Waals surface area contributed by atoms with Gasteiger partial charge in [-0.15, -0.1) is 0 Å². The van der Waals surface area contributed by atoms with Crippen molar-refractivity contribution in [1.29, 1.82) is 0 Å². The van der Waals surface area contributed by atoms with Crippen LogP contribution >= 0.6 is 0 Å². The van der Waals surface area contributed by atoms with Gasteiger partial charge in [0, 0.05) is 23.2 Å². The third-order valence-electron chi connectivity index (χ3n) is 5.81.